The van der Waals surface area contributed by atoms with Crippen molar-refractivity contribution in [1.29, 1.82) is 0 Å². The number of nitrogens with zero attached hydrogens (tertiary/aromatic N) is 1. The number of methoxy groups -OCH3 is 1. The second-order valence-corrected chi connectivity index (χ2v) is 5.70. The molecule has 0 aliphatic rings. The summed E-state index contributed by atoms with van der Waals surface area (Å²) in [7, 11) is 1.71. The molecule has 0 atom stereocenters. The fourth-order valence-electron chi connectivity index (χ4n) is 1.58. The van der Waals surface area contributed by atoms with Crippen LogP contribution in [0.4, 0.5) is 5.69 Å². The second-order valence-electron chi connectivity index (χ2n) is 4.76. The van der Waals surface area contributed by atoms with Crippen molar-refractivity contribution in [2.75, 3.05) is 12.8 Å². The van der Waals surface area contributed by atoms with Crippen LogP contribution in [0.15, 0.2) is 29.6 Å². The molecule has 2 aromatic rings. The second kappa shape index (κ2) is 5.08. The topological polar surface area (TPSA) is 48.1 Å². The SMILES string of the molecule is COC(C)(C)c1csc(Cc2ccc(N)cc2)n1. The zero-order valence-electron chi connectivity index (χ0n) is 10.9. The third-order valence-electron chi connectivity index (χ3n) is 3.01. The molecule has 0 bridgehead atoms. The Morgan fingerprint density at radius 3 is 2.56 bits per heavy atom. The van der Waals surface area contributed by atoms with Gasteiger partial charge >= 0.3 is 0 Å². The molecule has 0 saturated carbocycles. The van der Waals surface area contributed by atoms with Crippen molar-refractivity contribution in [3.05, 3.63) is 45.9 Å². The van der Waals surface area contributed by atoms with Gasteiger partial charge in [0.15, 0.2) is 0 Å². The van der Waals surface area contributed by atoms with Crippen molar-refractivity contribution in [2.24, 2.45) is 0 Å². The summed E-state index contributed by atoms with van der Waals surface area (Å²) in [6.07, 6.45) is 0.838. The van der Waals surface area contributed by atoms with Crippen molar-refractivity contribution in [3.63, 3.8) is 0 Å². The lowest BCUT2D eigenvalue weighted by atomic mass is 10.1. The van der Waals surface area contributed by atoms with Crippen LogP contribution in [0.3, 0.4) is 0 Å². The molecule has 0 spiro atoms. The zero-order chi connectivity index (χ0) is 13.2. The Kier molecular flexibility index (Phi) is 3.68. The number of thiazole rings is 1. The molecule has 1 heterocycles. The van der Waals surface area contributed by atoms with E-state index in [-0.39, 0.29) is 5.60 Å². The molecule has 4 heteroatoms. The Hall–Kier alpha value is -1.39. The van der Waals surface area contributed by atoms with Crippen LogP contribution in [-0.2, 0) is 16.8 Å². The van der Waals surface area contributed by atoms with Crippen LogP contribution in [0.5, 0.6) is 0 Å². The van der Waals surface area contributed by atoms with Crippen LogP contribution in [0, 0.1) is 0 Å². The molecule has 0 amide bonds. The summed E-state index contributed by atoms with van der Waals surface area (Å²) in [5.74, 6) is 0. The van der Waals surface area contributed by atoms with E-state index in [0.717, 1.165) is 22.8 Å². The fourth-order valence-corrected chi connectivity index (χ4v) is 2.57. The highest BCUT2D eigenvalue weighted by atomic mass is 32.1. The highest BCUT2D eigenvalue weighted by Gasteiger charge is 2.22. The van der Waals surface area contributed by atoms with Crippen LogP contribution < -0.4 is 5.73 Å². The van der Waals surface area contributed by atoms with E-state index in [9.17, 15) is 0 Å². The summed E-state index contributed by atoms with van der Waals surface area (Å²) in [4.78, 5) is 4.63. The standard InChI is InChI=1S/C14H18N2OS/c1-14(2,17-3)12-9-18-13(16-12)8-10-4-6-11(15)7-5-10/h4-7,9H,8,15H2,1-3H3. The molecular formula is C14H18N2OS. The summed E-state index contributed by atoms with van der Waals surface area (Å²) in [6.45, 7) is 4.05. The molecule has 2 N–H and O–H groups in total. The Morgan fingerprint density at radius 1 is 1.28 bits per heavy atom. The summed E-state index contributed by atoms with van der Waals surface area (Å²) in [5, 5.41) is 3.16. The molecule has 1 aromatic heterocycles. The van der Waals surface area contributed by atoms with Gasteiger partial charge in [-0.1, -0.05) is 12.1 Å². The first-order chi connectivity index (χ1) is 8.51. The molecule has 96 valence electrons. The van der Waals surface area contributed by atoms with E-state index in [2.05, 4.69) is 10.4 Å². The summed E-state index contributed by atoms with van der Waals surface area (Å²) in [5.41, 5.74) is 8.35. The predicted octanol–water partition coefficient (Wildman–Crippen LogP) is 3.20. The average Bonchev–Trinajstić information content (AvgIpc) is 2.81. The summed E-state index contributed by atoms with van der Waals surface area (Å²) < 4.78 is 5.43. The smallest absolute Gasteiger partial charge is 0.105 e. The number of benzene rings is 1. The minimum atomic E-state index is -0.324. The number of nitrogens with two attached hydrogens (primary N) is 1. The first kappa shape index (κ1) is 13.1. The maximum absolute atomic E-state index is 5.67. The minimum Gasteiger partial charge on any atom is -0.399 e. The van der Waals surface area contributed by atoms with E-state index in [0.29, 0.717) is 0 Å². The van der Waals surface area contributed by atoms with Gasteiger partial charge < -0.3 is 10.5 Å². The van der Waals surface area contributed by atoms with Gasteiger partial charge in [0.25, 0.3) is 0 Å². The quantitative estimate of drug-likeness (QED) is 0.861. The maximum atomic E-state index is 5.67. The van der Waals surface area contributed by atoms with Gasteiger partial charge in [0.2, 0.25) is 0 Å². The fraction of sp³-hybridized carbons (Fsp3) is 0.357. The molecule has 0 saturated heterocycles. The molecule has 1 aromatic carbocycles. The van der Waals surface area contributed by atoms with E-state index in [4.69, 9.17) is 10.5 Å². The number of nitrogen functional groups attached to an aromatic ring is 1. The maximum Gasteiger partial charge on any atom is 0.105 e. The lowest BCUT2D eigenvalue weighted by Crippen LogP contribution is -2.19. The van der Waals surface area contributed by atoms with Gasteiger partial charge in [-0.05, 0) is 31.5 Å². The van der Waals surface area contributed by atoms with Crippen LogP contribution in [0.2, 0.25) is 0 Å². The highest BCUT2D eigenvalue weighted by molar-refractivity contribution is 7.09. The van der Waals surface area contributed by atoms with Crippen LogP contribution in [0.25, 0.3) is 0 Å². The average molecular weight is 262 g/mol. The number of hydrogen-bond acceptors (Lipinski definition) is 4. The molecule has 18 heavy (non-hydrogen) atoms. The number of rotatable bonds is 4. The van der Waals surface area contributed by atoms with E-state index in [1.54, 1.807) is 18.4 Å². The molecule has 0 unspecified atom stereocenters. The largest absolute Gasteiger partial charge is 0.399 e. The van der Waals surface area contributed by atoms with Gasteiger partial charge in [-0.15, -0.1) is 11.3 Å². The monoisotopic (exact) mass is 262 g/mol. The van der Waals surface area contributed by atoms with Gasteiger partial charge in [-0.25, -0.2) is 4.98 Å². The third kappa shape index (κ3) is 2.89. The molecular weight excluding hydrogens is 244 g/mol. The van der Waals surface area contributed by atoms with Crippen molar-refractivity contribution in [1.82, 2.24) is 4.98 Å². The third-order valence-corrected chi connectivity index (χ3v) is 3.86. The number of ether oxygens (including phenoxy) is 1. The number of aromatic nitrogens is 1. The first-order valence-electron chi connectivity index (χ1n) is 5.86. The van der Waals surface area contributed by atoms with Crippen LogP contribution >= 0.6 is 11.3 Å². The summed E-state index contributed by atoms with van der Waals surface area (Å²) >= 11 is 1.67. The lowest BCUT2D eigenvalue weighted by Gasteiger charge is -2.19. The summed E-state index contributed by atoms with van der Waals surface area (Å²) in [6, 6.07) is 7.92. The van der Waals surface area contributed by atoms with Gasteiger partial charge in [-0.2, -0.15) is 0 Å². The molecule has 2 rings (SSSR count). The Morgan fingerprint density at radius 2 is 1.94 bits per heavy atom. The normalized spacial score (nSPS) is 11.7. The van der Waals surface area contributed by atoms with Crippen molar-refractivity contribution in [2.45, 2.75) is 25.9 Å². The first-order valence-corrected chi connectivity index (χ1v) is 6.73. The van der Waals surface area contributed by atoms with Gasteiger partial charge in [0.05, 0.1) is 10.7 Å². The van der Waals surface area contributed by atoms with Gasteiger partial charge in [-0.3, -0.25) is 0 Å². The van der Waals surface area contributed by atoms with Crippen LogP contribution in [0.1, 0.15) is 30.1 Å². The molecule has 0 aliphatic heterocycles. The zero-order valence-corrected chi connectivity index (χ0v) is 11.8. The van der Waals surface area contributed by atoms with E-state index < -0.39 is 0 Å². The Bertz CT molecular complexity index is 517. The van der Waals surface area contributed by atoms with E-state index in [1.807, 2.05) is 38.1 Å². The Balaban J connectivity index is 2.14. The van der Waals surface area contributed by atoms with Crippen molar-refractivity contribution >= 4 is 17.0 Å². The van der Waals surface area contributed by atoms with Crippen molar-refractivity contribution in [3.8, 4) is 0 Å². The van der Waals surface area contributed by atoms with Gasteiger partial charge in [0, 0.05) is 24.6 Å². The number of anilines is 1. The Labute approximate surface area is 112 Å². The van der Waals surface area contributed by atoms with E-state index >= 15 is 0 Å². The van der Waals surface area contributed by atoms with Gasteiger partial charge in [0.1, 0.15) is 5.60 Å². The lowest BCUT2D eigenvalue weighted by molar-refractivity contribution is 0.0159. The molecule has 0 aliphatic carbocycles. The molecule has 3 nitrogen and oxygen atoms in total. The highest BCUT2D eigenvalue weighted by Crippen LogP contribution is 2.26. The molecule has 0 fully saturated rings. The molecule has 0 radical (unpaired) electrons. The van der Waals surface area contributed by atoms with Crippen LogP contribution in [-0.4, -0.2) is 12.1 Å². The predicted molar refractivity (Wildman–Crippen MR) is 75.8 cm³/mol. The minimum absolute atomic E-state index is 0.324. The van der Waals surface area contributed by atoms with Crippen molar-refractivity contribution < 1.29 is 4.74 Å². The van der Waals surface area contributed by atoms with E-state index in [1.165, 1.54) is 5.56 Å². The number of hydrogen-bond donors (Lipinski definition) is 1.